The molecule has 0 aliphatic carbocycles. The van der Waals surface area contributed by atoms with E-state index in [0.29, 0.717) is 90.9 Å². The van der Waals surface area contributed by atoms with E-state index >= 15 is 0 Å². The number of unbranched alkanes of at least 4 members (excludes halogenated alkanes) is 1. The number of methoxy groups -OCH3 is 2. The van der Waals surface area contributed by atoms with Crippen LogP contribution in [-0.2, 0) is 63.9 Å². The van der Waals surface area contributed by atoms with E-state index in [9.17, 15) is 0 Å². The molecule has 1 heterocycles. The summed E-state index contributed by atoms with van der Waals surface area (Å²) in [6, 6.07) is 62.0. The number of aryl methyl sites for hydroxylation is 2. The predicted octanol–water partition coefficient (Wildman–Crippen LogP) is 31.5. The standard InChI is InChI=1S/C12H18O.2C12H18.2C11H16O.2C11H16.C9H20O2.C8H16O2.C8H18O.C6H14/c1-12(2,3)9-10-5-7-11(13-4)8-6-10;2*1-10-5-7-11(8-6-10)9-12(2,3)4;2*1-11(2,3)8-9-4-6-10(12)7-5-9;2*1-11(2,3)9-10-7-5-4-6-8-10;1-9(2,3)5-6-11-8-7-10-4;1-8(2,3)6-7-9-4-5-10-7;1-8(2,3)6-4-5-7-9;1-5-6(2,3)4/h5-8H,9H2,1-4H3;2*5-8H,9H2,1-4H3;2*4-7,12H,8H2,1-3H3;2*4-8H,9H2,1-3H3;5-8H2,1-4H3;7H,4-6H2,1-3H3;9H,4-7H2,1-3H3;5H2,1-4H3. The van der Waals surface area contributed by atoms with Crippen LogP contribution in [0.4, 0.5) is 0 Å². The van der Waals surface area contributed by atoms with Crippen molar-refractivity contribution >= 4 is 0 Å². The Bertz CT molecular complexity index is 3210. The highest BCUT2D eigenvalue weighted by molar-refractivity contribution is 5.30. The quantitative estimate of drug-likeness (QED) is 0.0774. The van der Waals surface area contributed by atoms with Gasteiger partial charge in [-0.05, 0) is 213 Å². The molecule has 3 N–H and O–H groups in total. The van der Waals surface area contributed by atoms with E-state index < -0.39 is 0 Å². The molecule has 0 bridgehead atoms. The van der Waals surface area contributed by atoms with E-state index in [4.69, 9.17) is 39.0 Å². The van der Waals surface area contributed by atoms with Crippen molar-refractivity contribution in [2.45, 2.75) is 339 Å². The molecule has 8 nitrogen and oxygen atoms in total. The lowest BCUT2D eigenvalue weighted by atomic mass is 9.88. The van der Waals surface area contributed by atoms with E-state index in [2.05, 4.69) is 371 Å². The molecule has 119 heavy (non-hydrogen) atoms. The van der Waals surface area contributed by atoms with Gasteiger partial charge in [0.25, 0.3) is 0 Å². The Kier molecular flexibility index (Phi) is 57.7. The highest BCUT2D eigenvalue weighted by Gasteiger charge is 2.23. The van der Waals surface area contributed by atoms with Crippen LogP contribution in [0.25, 0.3) is 0 Å². The summed E-state index contributed by atoms with van der Waals surface area (Å²) in [6.45, 7) is 84.4. The van der Waals surface area contributed by atoms with Gasteiger partial charge in [-0.2, -0.15) is 0 Å². The van der Waals surface area contributed by atoms with Gasteiger partial charge in [-0.3, -0.25) is 0 Å². The van der Waals surface area contributed by atoms with Crippen molar-refractivity contribution in [2.24, 2.45) is 59.6 Å². The van der Waals surface area contributed by atoms with Crippen molar-refractivity contribution in [3.8, 4) is 17.2 Å². The van der Waals surface area contributed by atoms with Gasteiger partial charge in [-0.25, -0.2) is 0 Å². The summed E-state index contributed by atoms with van der Waals surface area (Å²) in [5, 5.41) is 26.6. The minimum Gasteiger partial charge on any atom is -0.508 e. The third-order valence-electron chi connectivity index (χ3n) is 17.4. The normalized spacial score (nSPS) is 12.5. The van der Waals surface area contributed by atoms with Gasteiger partial charge in [-0.1, -0.05) is 405 Å². The largest absolute Gasteiger partial charge is 0.508 e. The van der Waals surface area contributed by atoms with Gasteiger partial charge in [0.2, 0.25) is 0 Å². The number of hydrogen-bond donors (Lipinski definition) is 3. The zero-order valence-electron chi connectivity index (χ0n) is 84.2. The molecule has 0 saturated carbocycles. The molecule has 8 rings (SSSR count). The molecule has 678 valence electrons. The number of aliphatic hydroxyl groups is 1. The minimum absolute atomic E-state index is 0.0556. The lowest BCUT2D eigenvalue weighted by molar-refractivity contribution is -0.0654. The van der Waals surface area contributed by atoms with Crippen LogP contribution < -0.4 is 4.74 Å². The summed E-state index contributed by atoms with van der Waals surface area (Å²) in [5.41, 5.74) is 16.6. The monoisotopic (exact) mass is 1650 g/mol. The number of rotatable bonds is 17. The maximum atomic E-state index is 9.05. The van der Waals surface area contributed by atoms with Crippen LogP contribution in [0.3, 0.4) is 0 Å². The van der Waals surface area contributed by atoms with E-state index in [1.54, 1.807) is 38.5 Å². The average molecular weight is 1650 g/mol. The zero-order valence-corrected chi connectivity index (χ0v) is 84.2. The molecule has 1 fully saturated rings. The van der Waals surface area contributed by atoms with Crippen LogP contribution >= 0.6 is 0 Å². The molecule has 0 aromatic heterocycles. The van der Waals surface area contributed by atoms with Crippen LogP contribution in [0.1, 0.15) is 324 Å². The summed E-state index contributed by atoms with van der Waals surface area (Å²) >= 11 is 0. The first-order valence-corrected chi connectivity index (χ1v) is 44.6. The first-order chi connectivity index (χ1) is 54.3. The predicted molar refractivity (Wildman–Crippen MR) is 523 cm³/mol. The molecule has 7 aromatic carbocycles. The maximum absolute atomic E-state index is 9.05. The molecule has 1 saturated heterocycles. The number of phenols is 2. The van der Waals surface area contributed by atoms with Crippen molar-refractivity contribution in [2.75, 3.05) is 53.9 Å². The third-order valence-corrected chi connectivity index (χ3v) is 17.4. The summed E-state index contributed by atoms with van der Waals surface area (Å²) in [5.74, 6) is 1.61. The number of hydrogen-bond acceptors (Lipinski definition) is 8. The van der Waals surface area contributed by atoms with Crippen LogP contribution in [0, 0.1) is 73.4 Å². The Balaban J connectivity index is -0.00000125. The first kappa shape index (κ1) is 117. The van der Waals surface area contributed by atoms with Gasteiger partial charge in [0.05, 0.1) is 33.5 Å². The smallest absolute Gasteiger partial charge is 0.158 e. The Labute approximate surface area is 736 Å². The Morgan fingerprint density at radius 2 is 0.563 bits per heavy atom. The van der Waals surface area contributed by atoms with Gasteiger partial charge in [-0.15, -0.1) is 0 Å². The Morgan fingerprint density at radius 3 is 0.790 bits per heavy atom. The molecular weight excluding hydrogens is 1460 g/mol. The van der Waals surface area contributed by atoms with Crippen molar-refractivity contribution in [1.82, 2.24) is 0 Å². The molecule has 7 aromatic rings. The summed E-state index contributed by atoms with van der Waals surface area (Å²) < 4.78 is 25.9. The molecular formula is C111H186O8. The number of aromatic hydroxyl groups is 2. The van der Waals surface area contributed by atoms with Crippen LogP contribution in [-0.4, -0.2) is 75.5 Å². The first-order valence-electron chi connectivity index (χ1n) is 44.6. The lowest BCUT2D eigenvalue weighted by Gasteiger charge is -2.21. The molecule has 0 amide bonds. The van der Waals surface area contributed by atoms with E-state index in [0.717, 1.165) is 96.2 Å². The van der Waals surface area contributed by atoms with Gasteiger partial charge in [0.1, 0.15) is 17.2 Å². The topological polar surface area (TPSA) is 107 Å². The van der Waals surface area contributed by atoms with Crippen molar-refractivity contribution in [1.29, 1.82) is 0 Å². The summed E-state index contributed by atoms with van der Waals surface area (Å²) in [7, 11) is 3.38. The average Bonchev–Trinajstić information content (AvgIpc) is 1.88. The number of benzene rings is 7. The third kappa shape index (κ3) is 85.1. The number of ether oxygens (including phenoxy) is 5. The molecule has 1 aliphatic rings. The van der Waals surface area contributed by atoms with Gasteiger partial charge in [0.15, 0.2) is 6.29 Å². The van der Waals surface area contributed by atoms with Gasteiger partial charge < -0.3 is 39.0 Å². The van der Waals surface area contributed by atoms with Crippen LogP contribution in [0.2, 0.25) is 0 Å². The summed E-state index contributed by atoms with van der Waals surface area (Å²) in [4.78, 5) is 0. The molecule has 0 radical (unpaired) electrons. The van der Waals surface area contributed by atoms with E-state index in [1.807, 2.05) is 36.4 Å². The minimum atomic E-state index is 0.0556. The Morgan fingerprint density at radius 1 is 0.303 bits per heavy atom. The second-order valence-electron chi connectivity index (χ2n) is 45.8. The van der Waals surface area contributed by atoms with Gasteiger partial charge in [0, 0.05) is 26.7 Å². The SMILES string of the molecule is CC(C)(C)CC1OCCO1.CC(C)(C)CCCCO.CC(C)(C)Cc1ccc(O)cc1.CC(C)(C)Cc1ccc(O)cc1.CC(C)(C)Cc1ccccc1.CC(C)(C)Cc1ccccc1.CCC(C)(C)C.COCCOCCC(C)(C)C.COc1ccc(CC(C)(C)C)cc1.Cc1ccc(CC(C)(C)C)cc1.Cc1ccc(CC(C)(C)C)cc1. The van der Waals surface area contributed by atoms with E-state index in [1.165, 1.54) is 62.9 Å². The fourth-order valence-corrected chi connectivity index (χ4v) is 11.3. The van der Waals surface area contributed by atoms with Crippen molar-refractivity contribution in [3.63, 3.8) is 0 Å². The molecule has 0 unspecified atom stereocenters. The maximum Gasteiger partial charge on any atom is 0.158 e. The van der Waals surface area contributed by atoms with Crippen molar-refractivity contribution in [3.05, 3.63) is 232 Å². The van der Waals surface area contributed by atoms with Crippen LogP contribution in [0.15, 0.2) is 182 Å². The molecule has 0 spiro atoms. The second-order valence-corrected chi connectivity index (χ2v) is 45.8. The fraction of sp³-hybridized carbons (Fsp3) is 0.622. The summed E-state index contributed by atoms with van der Waals surface area (Å²) in [6.07, 6.45) is 14.6. The zero-order chi connectivity index (χ0) is 92.2. The second kappa shape index (κ2) is 58.7. The lowest BCUT2D eigenvalue weighted by Crippen LogP contribution is -2.17. The van der Waals surface area contributed by atoms with Crippen LogP contribution in [0.5, 0.6) is 17.2 Å². The highest BCUT2D eigenvalue weighted by Crippen LogP contribution is 2.29. The van der Waals surface area contributed by atoms with Gasteiger partial charge >= 0.3 is 0 Å². The Hall–Kier alpha value is -6.26. The number of aliphatic hydroxyl groups excluding tert-OH is 1. The highest BCUT2D eigenvalue weighted by atomic mass is 16.7. The molecule has 1 aliphatic heterocycles. The molecule has 0 atom stereocenters. The molecule has 8 heteroatoms. The number of phenolic OH excluding ortho intramolecular Hbond substituents is 2. The van der Waals surface area contributed by atoms with E-state index in [-0.39, 0.29) is 6.29 Å². The van der Waals surface area contributed by atoms with Crippen molar-refractivity contribution < 1.29 is 39.0 Å². The fourth-order valence-electron chi connectivity index (χ4n) is 11.3.